The number of nitrogens with one attached hydrogen (secondary N) is 2. The Morgan fingerprint density at radius 2 is 1.61 bits per heavy atom. The molecule has 0 aliphatic heterocycles. The molecule has 0 aliphatic carbocycles. The Morgan fingerprint density at radius 1 is 0.921 bits per heavy atom. The van der Waals surface area contributed by atoms with Crippen LogP contribution in [0.3, 0.4) is 0 Å². The van der Waals surface area contributed by atoms with Crippen LogP contribution in [0, 0.1) is 0 Å². The number of para-hydroxylation sites is 1. The lowest BCUT2D eigenvalue weighted by Crippen LogP contribution is -2.59. The van der Waals surface area contributed by atoms with E-state index in [1.807, 2.05) is 110 Å². The first-order valence-electron chi connectivity index (χ1n) is 12.7. The Kier molecular flexibility index (Phi) is 6.88. The largest absolute Gasteiger partial charge is 0.465 e. The van der Waals surface area contributed by atoms with Crippen LogP contribution >= 0.6 is 0 Å². The van der Waals surface area contributed by atoms with Gasteiger partial charge in [-0.15, -0.1) is 0 Å². The molecular weight excluding hydrogens is 474 g/mol. The van der Waals surface area contributed by atoms with Gasteiger partial charge in [-0.1, -0.05) is 84.9 Å². The molecule has 1 aromatic heterocycles. The van der Waals surface area contributed by atoms with Gasteiger partial charge in [0, 0.05) is 23.5 Å². The minimum atomic E-state index is -1.38. The van der Waals surface area contributed by atoms with E-state index in [1.165, 1.54) is 4.90 Å². The number of amides is 2. The zero-order valence-corrected chi connectivity index (χ0v) is 21.5. The summed E-state index contributed by atoms with van der Waals surface area (Å²) >= 11 is 0. The first-order chi connectivity index (χ1) is 18.3. The minimum Gasteiger partial charge on any atom is -0.465 e. The van der Waals surface area contributed by atoms with Gasteiger partial charge in [-0.3, -0.25) is 9.69 Å². The molecule has 0 fully saturated rings. The molecule has 0 aliphatic rings. The normalized spacial score (nSPS) is 13.6. The molecule has 0 spiro atoms. The number of nitrogens with zero attached hydrogens (tertiary/aromatic N) is 1. The standard InChI is InChI=1S/C32H31N3O3/c1-22(24-10-4-3-5-11-24)34-30(36)32(2,19-27-20-33-29-15-9-8-14-28(27)29)35(31(37)38)21-23-16-17-25-12-6-7-13-26(25)18-23/h3-18,20,22,33H,19,21H2,1-2H3,(H,34,36)(H,37,38)/t22-,32+/m0/s1. The van der Waals surface area contributed by atoms with E-state index < -0.39 is 11.6 Å². The zero-order chi connectivity index (χ0) is 26.7. The van der Waals surface area contributed by atoms with Crippen LogP contribution in [0.1, 0.15) is 36.6 Å². The smallest absolute Gasteiger partial charge is 0.408 e. The molecule has 0 unspecified atom stereocenters. The second-order valence-corrected chi connectivity index (χ2v) is 9.97. The van der Waals surface area contributed by atoms with Crippen LogP contribution < -0.4 is 5.32 Å². The lowest BCUT2D eigenvalue weighted by atomic mass is 9.88. The molecule has 1 heterocycles. The van der Waals surface area contributed by atoms with E-state index in [0.29, 0.717) is 0 Å². The number of carboxylic acid groups (broad SMARTS) is 1. The third-order valence-electron chi connectivity index (χ3n) is 7.33. The predicted molar refractivity (Wildman–Crippen MR) is 151 cm³/mol. The summed E-state index contributed by atoms with van der Waals surface area (Å²) in [5.41, 5.74) is 2.22. The molecule has 2 atom stereocenters. The summed E-state index contributed by atoms with van der Waals surface area (Å²) in [7, 11) is 0. The second kappa shape index (κ2) is 10.4. The third kappa shape index (κ3) is 4.98. The minimum absolute atomic E-state index is 0.0756. The molecule has 0 bridgehead atoms. The third-order valence-corrected chi connectivity index (χ3v) is 7.33. The van der Waals surface area contributed by atoms with Gasteiger partial charge >= 0.3 is 6.09 Å². The van der Waals surface area contributed by atoms with Crippen molar-refractivity contribution >= 4 is 33.7 Å². The lowest BCUT2D eigenvalue weighted by Gasteiger charge is -2.39. The highest BCUT2D eigenvalue weighted by Gasteiger charge is 2.43. The van der Waals surface area contributed by atoms with Gasteiger partial charge in [0.2, 0.25) is 5.91 Å². The van der Waals surface area contributed by atoms with Gasteiger partial charge in [0.05, 0.1) is 12.6 Å². The number of benzene rings is 4. The number of hydrogen-bond donors (Lipinski definition) is 3. The van der Waals surface area contributed by atoms with E-state index in [9.17, 15) is 14.7 Å². The van der Waals surface area contributed by atoms with Crippen molar-refractivity contribution in [2.24, 2.45) is 0 Å². The number of H-pyrrole nitrogens is 1. The Labute approximate surface area is 221 Å². The van der Waals surface area contributed by atoms with E-state index >= 15 is 0 Å². The average molecular weight is 506 g/mol. The van der Waals surface area contributed by atoms with Crippen LogP contribution in [0.25, 0.3) is 21.7 Å². The molecule has 0 radical (unpaired) electrons. The number of carbonyl (C=O) groups is 2. The lowest BCUT2D eigenvalue weighted by molar-refractivity contribution is -0.132. The summed E-state index contributed by atoms with van der Waals surface area (Å²) in [6.45, 7) is 3.71. The molecule has 0 saturated carbocycles. The zero-order valence-electron chi connectivity index (χ0n) is 21.5. The maximum Gasteiger partial charge on any atom is 0.408 e. The quantitative estimate of drug-likeness (QED) is 0.220. The monoisotopic (exact) mass is 505 g/mol. The summed E-state index contributed by atoms with van der Waals surface area (Å²) in [6.07, 6.45) is 0.930. The van der Waals surface area contributed by atoms with Crippen molar-refractivity contribution in [3.63, 3.8) is 0 Å². The van der Waals surface area contributed by atoms with Crippen molar-refractivity contribution < 1.29 is 14.7 Å². The number of carbonyl (C=O) groups excluding carboxylic acids is 1. The Bertz CT molecular complexity index is 1590. The molecular formula is C32H31N3O3. The van der Waals surface area contributed by atoms with E-state index in [-0.39, 0.29) is 24.9 Å². The van der Waals surface area contributed by atoms with Crippen LogP contribution in [-0.4, -0.2) is 32.5 Å². The highest BCUT2D eigenvalue weighted by Crippen LogP contribution is 2.30. The first-order valence-corrected chi connectivity index (χ1v) is 12.7. The molecule has 3 N–H and O–H groups in total. The Morgan fingerprint density at radius 3 is 2.37 bits per heavy atom. The first kappa shape index (κ1) is 25.1. The molecule has 6 heteroatoms. The average Bonchev–Trinajstić information content (AvgIpc) is 3.34. The predicted octanol–water partition coefficient (Wildman–Crippen LogP) is 6.68. The maximum atomic E-state index is 14.0. The fourth-order valence-electron chi connectivity index (χ4n) is 5.10. The van der Waals surface area contributed by atoms with Gasteiger partial charge in [-0.2, -0.15) is 0 Å². The summed E-state index contributed by atoms with van der Waals surface area (Å²) < 4.78 is 0. The number of fused-ring (bicyclic) bond motifs is 2. The van der Waals surface area contributed by atoms with E-state index in [0.717, 1.165) is 38.4 Å². The molecule has 192 valence electrons. The van der Waals surface area contributed by atoms with Gasteiger partial charge in [-0.25, -0.2) is 4.79 Å². The second-order valence-electron chi connectivity index (χ2n) is 9.97. The van der Waals surface area contributed by atoms with Crippen LogP contribution in [0.2, 0.25) is 0 Å². The summed E-state index contributed by atoms with van der Waals surface area (Å²) in [5, 5.41) is 16.6. The molecule has 2 amide bonds. The molecule has 5 rings (SSSR count). The van der Waals surface area contributed by atoms with Crippen molar-refractivity contribution in [1.82, 2.24) is 15.2 Å². The van der Waals surface area contributed by atoms with E-state index in [4.69, 9.17) is 0 Å². The topological polar surface area (TPSA) is 85.4 Å². The van der Waals surface area contributed by atoms with Crippen molar-refractivity contribution in [2.45, 2.75) is 38.4 Å². The number of aromatic nitrogens is 1. The molecule has 6 nitrogen and oxygen atoms in total. The fourth-order valence-corrected chi connectivity index (χ4v) is 5.10. The van der Waals surface area contributed by atoms with Gasteiger partial charge < -0.3 is 15.4 Å². The maximum absolute atomic E-state index is 14.0. The molecule has 0 saturated heterocycles. The van der Waals surface area contributed by atoms with Crippen LogP contribution in [0.5, 0.6) is 0 Å². The SMILES string of the molecule is C[C@H](NC(=O)[C@@](C)(Cc1c[nH]c2ccccc12)N(Cc1ccc2ccccc2c1)C(=O)O)c1ccccc1. The van der Waals surface area contributed by atoms with Crippen LogP contribution in [-0.2, 0) is 17.8 Å². The number of hydrogen-bond acceptors (Lipinski definition) is 2. The van der Waals surface area contributed by atoms with Gasteiger partial charge in [0.25, 0.3) is 0 Å². The van der Waals surface area contributed by atoms with Crippen molar-refractivity contribution in [3.05, 3.63) is 120 Å². The summed E-state index contributed by atoms with van der Waals surface area (Å²) in [6, 6.07) is 31.1. The Balaban J connectivity index is 1.53. The Hall–Kier alpha value is -4.58. The van der Waals surface area contributed by atoms with E-state index in [2.05, 4.69) is 10.3 Å². The van der Waals surface area contributed by atoms with Crippen molar-refractivity contribution in [2.75, 3.05) is 0 Å². The van der Waals surface area contributed by atoms with Crippen LogP contribution in [0.4, 0.5) is 4.79 Å². The van der Waals surface area contributed by atoms with E-state index in [1.54, 1.807) is 6.92 Å². The fraction of sp³-hybridized carbons (Fsp3) is 0.188. The number of rotatable bonds is 8. The van der Waals surface area contributed by atoms with Crippen molar-refractivity contribution in [3.8, 4) is 0 Å². The van der Waals surface area contributed by atoms with Crippen molar-refractivity contribution in [1.29, 1.82) is 0 Å². The number of aromatic amines is 1. The highest BCUT2D eigenvalue weighted by molar-refractivity contribution is 5.92. The van der Waals surface area contributed by atoms with Gasteiger partial charge in [0.1, 0.15) is 5.54 Å². The van der Waals surface area contributed by atoms with Gasteiger partial charge in [0.15, 0.2) is 0 Å². The summed E-state index contributed by atoms with van der Waals surface area (Å²) in [5.74, 6) is -0.345. The van der Waals surface area contributed by atoms with Gasteiger partial charge in [-0.05, 0) is 53.4 Å². The molecule has 38 heavy (non-hydrogen) atoms. The highest BCUT2D eigenvalue weighted by atomic mass is 16.4. The summed E-state index contributed by atoms with van der Waals surface area (Å²) in [4.78, 5) is 31.4. The molecule has 4 aromatic carbocycles. The molecule has 5 aromatic rings. The van der Waals surface area contributed by atoms with Crippen LogP contribution in [0.15, 0.2) is 103 Å².